The Bertz CT molecular complexity index is 325. The molecule has 0 bridgehead atoms. The minimum absolute atomic E-state index is 0.222. The largest absolute Gasteiger partial charge is 0.281 e. The van der Waals surface area contributed by atoms with E-state index < -0.39 is 5.41 Å². The lowest BCUT2D eigenvalue weighted by Gasteiger charge is -2.37. The molecule has 0 aliphatic rings. The Morgan fingerprint density at radius 3 is 2.29 bits per heavy atom. The Kier molecular flexibility index (Phi) is 3.07. The van der Waals surface area contributed by atoms with Crippen molar-refractivity contribution in [3.05, 3.63) is 22.4 Å². The van der Waals surface area contributed by atoms with Gasteiger partial charge in [-0.25, -0.2) is 0 Å². The second-order valence-corrected chi connectivity index (χ2v) is 5.79. The van der Waals surface area contributed by atoms with Gasteiger partial charge in [-0.15, -0.1) is 11.3 Å². The van der Waals surface area contributed by atoms with Crippen LogP contribution in [0.3, 0.4) is 0 Å². The molecule has 0 saturated carbocycles. The van der Waals surface area contributed by atoms with Crippen molar-refractivity contribution in [2.45, 2.75) is 33.1 Å². The molecule has 1 aromatic rings. The molecule has 14 heavy (non-hydrogen) atoms. The third-order valence-electron chi connectivity index (χ3n) is 3.19. The van der Waals surface area contributed by atoms with Crippen LogP contribution in [0.15, 0.2) is 17.5 Å². The third kappa shape index (κ3) is 1.73. The van der Waals surface area contributed by atoms with Crippen molar-refractivity contribution >= 4 is 28.2 Å². The first-order valence-electron chi connectivity index (χ1n) is 4.54. The van der Waals surface area contributed by atoms with E-state index in [0.29, 0.717) is 0 Å². The smallest absolute Gasteiger partial charge is 0.228 e. The van der Waals surface area contributed by atoms with Crippen LogP contribution in [0.2, 0.25) is 0 Å². The number of rotatable bonds is 3. The lowest BCUT2D eigenvalue weighted by molar-refractivity contribution is -0.121. The van der Waals surface area contributed by atoms with Gasteiger partial charge in [0.2, 0.25) is 5.24 Å². The molecule has 1 rings (SSSR count). The highest BCUT2D eigenvalue weighted by Gasteiger charge is 2.43. The summed E-state index contributed by atoms with van der Waals surface area (Å²) >= 11 is 7.30. The van der Waals surface area contributed by atoms with Crippen molar-refractivity contribution < 1.29 is 4.79 Å². The molecule has 0 spiro atoms. The lowest BCUT2D eigenvalue weighted by atomic mass is 9.68. The first-order valence-corrected chi connectivity index (χ1v) is 5.80. The standard InChI is InChI=1S/C11H15ClOS/c1-10(2,8-6-5-7-14-8)11(3,4)9(12)13/h5-7H,1-4H3. The molecule has 1 aromatic heterocycles. The predicted molar refractivity (Wildman–Crippen MR) is 62.0 cm³/mol. The summed E-state index contributed by atoms with van der Waals surface area (Å²) in [4.78, 5) is 12.6. The van der Waals surface area contributed by atoms with Crippen molar-refractivity contribution in [3.8, 4) is 0 Å². The van der Waals surface area contributed by atoms with Gasteiger partial charge < -0.3 is 0 Å². The average Bonchev–Trinajstić information content (AvgIpc) is 2.55. The first-order chi connectivity index (χ1) is 6.30. The zero-order valence-corrected chi connectivity index (χ0v) is 10.5. The SMILES string of the molecule is CC(C)(C(=O)Cl)C(C)(C)c1cccs1. The van der Waals surface area contributed by atoms with Crippen LogP contribution in [0, 0.1) is 5.41 Å². The molecule has 0 unspecified atom stereocenters. The Labute approximate surface area is 94.1 Å². The highest BCUT2D eigenvalue weighted by molar-refractivity contribution is 7.10. The van der Waals surface area contributed by atoms with Gasteiger partial charge in [-0.3, -0.25) is 4.79 Å². The van der Waals surface area contributed by atoms with E-state index in [4.69, 9.17) is 11.6 Å². The minimum Gasteiger partial charge on any atom is -0.281 e. The molecule has 78 valence electrons. The van der Waals surface area contributed by atoms with Gasteiger partial charge in [-0.1, -0.05) is 33.8 Å². The summed E-state index contributed by atoms with van der Waals surface area (Å²) in [6, 6.07) is 4.04. The predicted octanol–water partition coefficient (Wildman–Crippen LogP) is 3.82. The fourth-order valence-electron chi connectivity index (χ4n) is 1.19. The van der Waals surface area contributed by atoms with Crippen molar-refractivity contribution in [1.82, 2.24) is 0 Å². The summed E-state index contributed by atoms with van der Waals surface area (Å²) in [7, 11) is 0. The Morgan fingerprint density at radius 1 is 1.36 bits per heavy atom. The van der Waals surface area contributed by atoms with E-state index in [-0.39, 0.29) is 10.7 Å². The third-order valence-corrected chi connectivity index (χ3v) is 4.86. The summed E-state index contributed by atoms with van der Waals surface area (Å²) in [5.74, 6) is 0. The van der Waals surface area contributed by atoms with Crippen LogP contribution < -0.4 is 0 Å². The summed E-state index contributed by atoms with van der Waals surface area (Å²) in [5.41, 5.74) is -0.764. The molecule has 0 amide bonds. The van der Waals surface area contributed by atoms with E-state index >= 15 is 0 Å². The van der Waals surface area contributed by atoms with Gasteiger partial charge in [-0.05, 0) is 23.0 Å². The number of thiophene rings is 1. The zero-order chi connectivity index (χ0) is 11.0. The fourth-order valence-corrected chi connectivity index (χ4v) is 2.43. The summed E-state index contributed by atoms with van der Waals surface area (Å²) in [5, 5.41) is 1.74. The number of carbonyl (C=O) groups is 1. The number of halogens is 1. The highest BCUT2D eigenvalue weighted by atomic mass is 35.5. The Hall–Kier alpha value is -0.340. The van der Waals surface area contributed by atoms with E-state index in [2.05, 4.69) is 13.8 Å². The number of hydrogen-bond donors (Lipinski definition) is 0. The van der Waals surface area contributed by atoms with Gasteiger partial charge >= 0.3 is 0 Å². The van der Waals surface area contributed by atoms with Gasteiger partial charge in [0.15, 0.2) is 0 Å². The van der Waals surface area contributed by atoms with Gasteiger partial charge in [0.05, 0.1) is 0 Å². The molecule has 0 aromatic carbocycles. The van der Waals surface area contributed by atoms with Gasteiger partial charge in [0, 0.05) is 15.7 Å². The summed E-state index contributed by atoms with van der Waals surface area (Å²) < 4.78 is 0. The van der Waals surface area contributed by atoms with Crippen LogP contribution in [0.1, 0.15) is 32.6 Å². The highest BCUT2D eigenvalue weighted by Crippen LogP contribution is 2.44. The van der Waals surface area contributed by atoms with Crippen molar-refractivity contribution in [3.63, 3.8) is 0 Å². The van der Waals surface area contributed by atoms with E-state index in [9.17, 15) is 4.79 Å². The quantitative estimate of drug-likeness (QED) is 0.722. The van der Waals surface area contributed by atoms with Crippen molar-refractivity contribution in [1.29, 1.82) is 0 Å². The molecule has 1 heterocycles. The van der Waals surface area contributed by atoms with E-state index in [0.717, 1.165) is 0 Å². The average molecular weight is 231 g/mol. The van der Waals surface area contributed by atoms with Crippen LogP contribution in [-0.4, -0.2) is 5.24 Å². The Balaban J connectivity index is 3.13. The molecule has 1 nitrogen and oxygen atoms in total. The van der Waals surface area contributed by atoms with Crippen LogP contribution in [0.4, 0.5) is 0 Å². The molecule has 0 N–H and O–H groups in total. The summed E-state index contributed by atoms with van der Waals surface area (Å²) in [6.45, 7) is 7.89. The van der Waals surface area contributed by atoms with Gasteiger partial charge in [0.25, 0.3) is 0 Å². The zero-order valence-electron chi connectivity index (χ0n) is 8.93. The Morgan fingerprint density at radius 2 is 1.93 bits per heavy atom. The van der Waals surface area contributed by atoms with Crippen LogP contribution >= 0.6 is 22.9 Å². The minimum atomic E-state index is -0.542. The second-order valence-electron chi connectivity index (χ2n) is 4.50. The van der Waals surface area contributed by atoms with Crippen molar-refractivity contribution in [2.75, 3.05) is 0 Å². The molecule has 0 atom stereocenters. The first kappa shape index (κ1) is 11.7. The number of carbonyl (C=O) groups excluding carboxylic acids is 1. The molecule has 3 heteroatoms. The van der Waals surface area contributed by atoms with Gasteiger partial charge in [0.1, 0.15) is 0 Å². The normalized spacial score (nSPS) is 12.9. The van der Waals surface area contributed by atoms with E-state index in [1.54, 1.807) is 11.3 Å². The van der Waals surface area contributed by atoms with E-state index in [1.165, 1.54) is 4.88 Å². The molecule has 0 aliphatic heterocycles. The monoisotopic (exact) mass is 230 g/mol. The molecule has 0 saturated heterocycles. The van der Waals surface area contributed by atoms with Gasteiger partial charge in [-0.2, -0.15) is 0 Å². The molecule has 0 fully saturated rings. The van der Waals surface area contributed by atoms with E-state index in [1.807, 2.05) is 31.4 Å². The van der Waals surface area contributed by atoms with Crippen LogP contribution in [-0.2, 0) is 10.2 Å². The molecular weight excluding hydrogens is 216 g/mol. The summed E-state index contributed by atoms with van der Waals surface area (Å²) in [6.07, 6.45) is 0. The molecule has 0 radical (unpaired) electrons. The van der Waals surface area contributed by atoms with Crippen molar-refractivity contribution in [2.24, 2.45) is 5.41 Å². The maximum absolute atomic E-state index is 11.4. The van der Waals surface area contributed by atoms with Crippen LogP contribution in [0.5, 0.6) is 0 Å². The second kappa shape index (κ2) is 3.67. The maximum Gasteiger partial charge on any atom is 0.228 e. The molecular formula is C11H15ClOS. The van der Waals surface area contributed by atoms with Crippen LogP contribution in [0.25, 0.3) is 0 Å². The lowest BCUT2D eigenvalue weighted by Crippen LogP contribution is -2.40. The molecule has 0 aliphatic carbocycles. The topological polar surface area (TPSA) is 17.1 Å². The fraction of sp³-hybridized carbons (Fsp3) is 0.545. The number of hydrogen-bond acceptors (Lipinski definition) is 2. The maximum atomic E-state index is 11.4.